The molecule has 0 radical (unpaired) electrons. The molecule has 0 spiro atoms. The molecule has 1 amide bonds. The molecule has 0 fully saturated rings. The average Bonchev–Trinajstić information content (AvgIpc) is 2.92. The van der Waals surface area contributed by atoms with Crippen LogP contribution in [0, 0.1) is 0 Å². The number of anilines is 1. The molecular formula is C30H31BrN2O5. The second-order valence-corrected chi connectivity index (χ2v) is 10.6. The van der Waals surface area contributed by atoms with Crippen molar-refractivity contribution in [1.29, 1.82) is 0 Å². The number of hydrogen-bond donors (Lipinski definition) is 1. The minimum Gasteiger partial charge on any atom is -0.497 e. The number of ether oxygens (including phenoxy) is 2. The van der Waals surface area contributed by atoms with Crippen LogP contribution in [0.25, 0.3) is 0 Å². The van der Waals surface area contributed by atoms with Gasteiger partial charge in [-0.1, -0.05) is 6.07 Å². The number of ketones is 2. The molecule has 1 N–H and O–H groups in total. The highest BCUT2D eigenvalue weighted by molar-refractivity contribution is 9.10. The summed E-state index contributed by atoms with van der Waals surface area (Å²) in [6.45, 7) is 2.67. The van der Waals surface area contributed by atoms with Gasteiger partial charge in [0.2, 0.25) is 0 Å². The molecule has 1 aliphatic heterocycles. The predicted octanol–water partition coefficient (Wildman–Crippen LogP) is 5.91. The van der Waals surface area contributed by atoms with Gasteiger partial charge in [-0.2, -0.15) is 0 Å². The van der Waals surface area contributed by atoms with Crippen molar-refractivity contribution >= 4 is 39.1 Å². The lowest BCUT2D eigenvalue weighted by Gasteiger charge is -2.43. The van der Waals surface area contributed by atoms with Crippen LogP contribution in [0.15, 0.2) is 69.5 Å². The van der Waals surface area contributed by atoms with Gasteiger partial charge in [0.15, 0.2) is 18.2 Å². The first-order valence-electron chi connectivity index (χ1n) is 13.1. The highest BCUT2D eigenvalue weighted by atomic mass is 79.9. The van der Waals surface area contributed by atoms with Crippen LogP contribution in [0.4, 0.5) is 5.69 Å². The fraction of sp³-hybridized carbons (Fsp3) is 0.367. The van der Waals surface area contributed by atoms with Gasteiger partial charge < -0.3 is 19.7 Å². The molecule has 7 nitrogen and oxygen atoms in total. The van der Waals surface area contributed by atoms with Crippen LogP contribution in [-0.2, 0) is 14.4 Å². The Morgan fingerprint density at radius 1 is 0.974 bits per heavy atom. The Hall–Kier alpha value is -3.39. The first-order valence-corrected chi connectivity index (χ1v) is 13.9. The van der Waals surface area contributed by atoms with E-state index in [9.17, 15) is 14.4 Å². The van der Waals surface area contributed by atoms with E-state index >= 15 is 0 Å². The normalized spacial score (nSPS) is 17.8. The summed E-state index contributed by atoms with van der Waals surface area (Å²) >= 11 is 3.60. The van der Waals surface area contributed by atoms with Gasteiger partial charge in [-0.15, -0.1) is 0 Å². The molecule has 2 aliphatic carbocycles. The van der Waals surface area contributed by atoms with Crippen LogP contribution in [-0.4, -0.2) is 42.6 Å². The van der Waals surface area contributed by atoms with Crippen molar-refractivity contribution < 1.29 is 23.9 Å². The molecule has 38 heavy (non-hydrogen) atoms. The molecule has 3 aliphatic rings. The zero-order valence-electron chi connectivity index (χ0n) is 21.6. The second kappa shape index (κ2) is 11.2. The number of Topliss-reactive ketones (excluding diaryl/α,β-unsaturated/α-hetero) is 2. The molecular weight excluding hydrogens is 548 g/mol. The molecule has 0 saturated carbocycles. The summed E-state index contributed by atoms with van der Waals surface area (Å²) in [4.78, 5) is 41.2. The Labute approximate surface area is 231 Å². The monoisotopic (exact) mass is 578 g/mol. The molecule has 1 heterocycles. The molecule has 2 aromatic rings. The van der Waals surface area contributed by atoms with E-state index in [4.69, 9.17) is 9.47 Å². The molecule has 0 saturated heterocycles. The molecule has 198 valence electrons. The molecule has 0 atom stereocenters. The van der Waals surface area contributed by atoms with Gasteiger partial charge in [0.25, 0.3) is 5.91 Å². The van der Waals surface area contributed by atoms with E-state index in [0.717, 1.165) is 60.3 Å². The van der Waals surface area contributed by atoms with E-state index in [0.29, 0.717) is 34.5 Å². The van der Waals surface area contributed by atoms with Crippen molar-refractivity contribution in [3.63, 3.8) is 0 Å². The minimum absolute atomic E-state index is 0.131. The van der Waals surface area contributed by atoms with Crippen LogP contribution >= 0.6 is 15.9 Å². The lowest BCUT2D eigenvalue weighted by Crippen LogP contribution is -2.39. The van der Waals surface area contributed by atoms with Crippen molar-refractivity contribution in [3.8, 4) is 11.5 Å². The van der Waals surface area contributed by atoms with Crippen molar-refractivity contribution in [1.82, 2.24) is 4.90 Å². The number of halogens is 1. The molecule has 5 rings (SSSR count). The quantitative estimate of drug-likeness (QED) is 0.439. The van der Waals surface area contributed by atoms with Gasteiger partial charge in [0, 0.05) is 53.5 Å². The average molecular weight is 579 g/mol. The number of nitrogens with zero attached hydrogens (tertiary/aromatic N) is 1. The fourth-order valence-corrected chi connectivity index (χ4v) is 6.27. The lowest BCUT2D eigenvalue weighted by molar-refractivity contribution is -0.118. The van der Waals surface area contributed by atoms with Gasteiger partial charge in [-0.25, -0.2) is 0 Å². The topological polar surface area (TPSA) is 84.9 Å². The van der Waals surface area contributed by atoms with Gasteiger partial charge in [-0.05, 0) is 90.5 Å². The van der Waals surface area contributed by atoms with Gasteiger partial charge in [0.05, 0.1) is 11.6 Å². The van der Waals surface area contributed by atoms with Crippen LogP contribution in [0.3, 0.4) is 0 Å². The summed E-state index contributed by atoms with van der Waals surface area (Å²) in [7, 11) is 1.59. The summed E-state index contributed by atoms with van der Waals surface area (Å²) in [5.74, 6) is 0.824. The summed E-state index contributed by atoms with van der Waals surface area (Å²) in [5.41, 5.74) is 5.23. The molecule has 8 heteroatoms. The van der Waals surface area contributed by atoms with Crippen molar-refractivity contribution in [3.05, 3.63) is 75.0 Å². The lowest BCUT2D eigenvalue weighted by atomic mass is 9.71. The third kappa shape index (κ3) is 5.01. The third-order valence-corrected chi connectivity index (χ3v) is 8.04. The summed E-state index contributed by atoms with van der Waals surface area (Å²) in [5, 5.41) is 2.80. The summed E-state index contributed by atoms with van der Waals surface area (Å²) in [6.07, 6.45) is 4.40. The maximum atomic E-state index is 13.3. The second-order valence-electron chi connectivity index (χ2n) is 9.71. The van der Waals surface area contributed by atoms with Crippen molar-refractivity contribution in [2.75, 3.05) is 25.6 Å². The predicted molar refractivity (Wildman–Crippen MR) is 148 cm³/mol. The SMILES string of the molecule is CCN1C2=C(C(=O)CCC2)C(c2ccc(OCC(=O)Nc3ccc(OC)cc3)c(Br)c2)C2=C1CCCC2=O. The fourth-order valence-electron chi connectivity index (χ4n) is 5.76. The molecule has 0 unspecified atom stereocenters. The minimum atomic E-state index is -0.368. The standard InChI is InChI=1S/C30H31BrN2O5/c1-3-33-22-6-4-8-24(34)29(22)28(30-23(33)7-5-9-25(30)35)18-10-15-26(21(31)16-18)38-17-27(36)32-19-11-13-20(37-2)14-12-19/h10-16,28H,3-9,17H2,1-2H3,(H,32,36). The van der Waals surface area contributed by atoms with Crippen molar-refractivity contribution in [2.24, 2.45) is 0 Å². The number of benzene rings is 2. The maximum absolute atomic E-state index is 13.3. The number of carbonyl (C=O) groups is 3. The van der Waals surface area contributed by atoms with E-state index in [1.807, 2.05) is 12.1 Å². The Balaban J connectivity index is 1.39. The van der Waals surface area contributed by atoms with Crippen LogP contribution < -0.4 is 14.8 Å². The van der Waals surface area contributed by atoms with E-state index in [-0.39, 0.29) is 30.0 Å². The first kappa shape index (κ1) is 26.2. The summed E-state index contributed by atoms with van der Waals surface area (Å²) < 4.78 is 11.6. The Morgan fingerprint density at radius 3 is 2.16 bits per heavy atom. The van der Waals surface area contributed by atoms with Crippen LogP contribution in [0.1, 0.15) is 56.9 Å². The van der Waals surface area contributed by atoms with Gasteiger partial charge in [-0.3, -0.25) is 14.4 Å². The Kier molecular flexibility index (Phi) is 7.70. The number of hydrogen-bond acceptors (Lipinski definition) is 6. The van der Waals surface area contributed by atoms with E-state index in [1.165, 1.54) is 0 Å². The largest absolute Gasteiger partial charge is 0.497 e. The van der Waals surface area contributed by atoms with E-state index < -0.39 is 0 Å². The summed E-state index contributed by atoms with van der Waals surface area (Å²) in [6, 6.07) is 12.7. The number of rotatable bonds is 7. The number of allylic oxidation sites excluding steroid dienone is 4. The smallest absolute Gasteiger partial charge is 0.262 e. The van der Waals surface area contributed by atoms with Gasteiger partial charge in [0.1, 0.15) is 11.5 Å². The molecule has 2 aromatic carbocycles. The zero-order valence-corrected chi connectivity index (χ0v) is 23.2. The van der Waals surface area contributed by atoms with E-state index in [1.54, 1.807) is 37.4 Å². The number of nitrogens with one attached hydrogen (secondary N) is 1. The van der Waals surface area contributed by atoms with Gasteiger partial charge >= 0.3 is 0 Å². The number of methoxy groups -OCH3 is 1. The zero-order chi connectivity index (χ0) is 26.8. The van der Waals surface area contributed by atoms with E-state index in [2.05, 4.69) is 33.1 Å². The Morgan fingerprint density at radius 2 is 1.61 bits per heavy atom. The van der Waals surface area contributed by atoms with Crippen LogP contribution in [0.5, 0.6) is 11.5 Å². The number of amides is 1. The van der Waals surface area contributed by atoms with Crippen LogP contribution in [0.2, 0.25) is 0 Å². The number of carbonyl (C=O) groups excluding carboxylic acids is 3. The maximum Gasteiger partial charge on any atom is 0.262 e. The Bertz CT molecular complexity index is 1300. The third-order valence-electron chi connectivity index (χ3n) is 7.42. The first-order chi connectivity index (χ1) is 18.4. The highest BCUT2D eigenvalue weighted by Gasteiger charge is 2.42. The molecule has 0 aromatic heterocycles. The van der Waals surface area contributed by atoms with Crippen molar-refractivity contribution in [2.45, 2.75) is 51.4 Å². The highest BCUT2D eigenvalue weighted by Crippen LogP contribution is 2.49. The molecule has 0 bridgehead atoms.